The molecule has 5 heteroatoms. The molecule has 1 unspecified atom stereocenters. The van der Waals surface area contributed by atoms with E-state index < -0.39 is 5.91 Å². The third kappa shape index (κ3) is 3.12. The minimum absolute atomic E-state index is 0.0333. The molecule has 0 aliphatic carbocycles. The first-order valence-corrected chi connectivity index (χ1v) is 6.38. The van der Waals surface area contributed by atoms with Crippen LogP contribution in [-0.4, -0.2) is 42.5 Å². The molecule has 2 N–H and O–H groups in total. The van der Waals surface area contributed by atoms with Gasteiger partial charge in [-0.1, -0.05) is 0 Å². The lowest BCUT2D eigenvalue weighted by molar-refractivity contribution is 0.0687. The Labute approximate surface area is 112 Å². The van der Waals surface area contributed by atoms with Crippen LogP contribution in [0.5, 0.6) is 0 Å². The molecule has 19 heavy (non-hydrogen) atoms. The Hall–Kier alpha value is -1.88. The SMILES string of the molecule is CC1CCOCCN1C(=O)c1ccc(C(N)=O)cc1. The fourth-order valence-electron chi connectivity index (χ4n) is 2.14. The molecule has 1 aromatic carbocycles. The molecule has 1 atom stereocenters. The number of nitrogens with two attached hydrogens (primary N) is 1. The fraction of sp³-hybridized carbons (Fsp3) is 0.429. The summed E-state index contributed by atoms with van der Waals surface area (Å²) < 4.78 is 5.38. The zero-order valence-corrected chi connectivity index (χ0v) is 11.0. The highest BCUT2D eigenvalue weighted by Crippen LogP contribution is 2.14. The van der Waals surface area contributed by atoms with Crippen molar-refractivity contribution in [2.45, 2.75) is 19.4 Å². The smallest absolute Gasteiger partial charge is 0.254 e. The third-order valence-corrected chi connectivity index (χ3v) is 3.37. The van der Waals surface area contributed by atoms with Crippen molar-refractivity contribution in [1.82, 2.24) is 4.90 Å². The fourth-order valence-corrected chi connectivity index (χ4v) is 2.14. The van der Waals surface area contributed by atoms with Gasteiger partial charge in [-0.3, -0.25) is 9.59 Å². The van der Waals surface area contributed by atoms with E-state index in [0.717, 1.165) is 6.42 Å². The van der Waals surface area contributed by atoms with E-state index in [1.165, 1.54) is 0 Å². The molecule has 0 radical (unpaired) electrons. The van der Waals surface area contributed by atoms with Crippen LogP contribution >= 0.6 is 0 Å². The van der Waals surface area contributed by atoms with E-state index in [2.05, 4.69) is 0 Å². The average Bonchev–Trinajstić information content (AvgIpc) is 2.63. The lowest BCUT2D eigenvalue weighted by Gasteiger charge is -2.26. The molecule has 5 nitrogen and oxygen atoms in total. The van der Waals surface area contributed by atoms with Crippen molar-refractivity contribution in [3.05, 3.63) is 35.4 Å². The second-order valence-electron chi connectivity index (χ2n) is 4.69. The molecular formula is C14H18N2O3. The highest BCUT2D eigenvalue weighted by molar-refractivity contribution is 5.97. The van der Waals surface area contributed by atoms with Gasteiger partial charge >= 0.3 is 0 Å². The number of nitrogens with zero attached hydrogens (tertiary/aromatic N) is 1. The topological polar surface area (TPSA) is 72.6 Å². The van der Waals surface area contributed by atoms with Gasteiger partial charge in [0, 0.05) is 30.3 Å². The first kappa shape index (κ1) is 13.5. The Morgan fingerprint density at radius 2 is 1.84 bits per heavy atom. The number of hydrogen-bond acceptors (Lipinski definition) is 3. The second kappa shape index (κ2) is 5.84. The molecule has 1 fully saturated rings. The molecule has 0 bridgehead atoms. The first-order valence-electron chi connectivity index (χ1n) is 6.38. The molecular weight excluding hydrogens is 244 g/mol. The van der Waals surface area contributed by atoms with E-state index in [9.17, 15) is 9.59 Å². The Bertz CT molecular complexity index is 470. The summed E-state index contributed by atoms with van der Waals surface area (Å²) in [6, 6.07) is 6.59. The van der Waals surface area contributed by atoms with Gasteiger partial charge in [0.2, 0.25) is 5.91 Å². The normalized spacial score (nSPS) is 19.8. The monoisotopic (exact) mass is 262 g/mol. The number of carbonyl (C=O) groups is 2. The van der Waals surface area contributed by atoms with E-state index in [-0.39, 0.29) is 11.9 Å². The van der Waals surface area contributed by atoms with Crippen LogP contribution in [0.15, 0.2) is 24.3 Å². The van der Waals surface area contributed by atoms with Crippen molar-refractivity contribution in [3.8, 4) is 0 Å². The predicted octanol–water partition coefficient (Wildman–Crippen LogP) is 1.04. The standard InChI is InChI=1S/C14H18N2O3/c1-10-6-8-19-9-7-16(10)14(18)12-4-2-11(3-5-12)13(15)17/h2-5,10H,6-9H2,1H3,(H2,15,17). The molecule has 1 aliphatic heterocycles. The van der Waals surface area contributed by atoms with Gasteiger partial charge in [0.15, 0.2) is 0 Å². The minimum Gasteiger partial charge on any atom is -0.380 e. The van der Waals surface area contributed by atoms with Crippen LogP contribution in [0.3, 0.4) is 0 Å². The van der Waals surface area contributed by atoms with Crippen LogP contribution in [0.1, 0.15) is 34.1 Å². The van der Waals surface area contributed by atoms with E-state index >= 15 is 0 Å². The summed E-state index contributed by atoms with van der Waals surface area (Å²) in [5.74, 6) is -0.524. The van der Waals surface area contributed by atoms with Crippen molar-refractivity contribution in [2.24, 2.45) is 5.73 Å². The van der Waals surface area contributed by atoms with Gasteiger partial charge in [0.05, 0.1) is 6.61 Å². The van der Waals surface area contributed by atoms with Crippen LogP contribution in [0.2, 0.25) is 0 Å². The summed E-state index contributed by atoms with van der Waals surface area (Å²) in [5.41, 5.74) is 6.15. The highest BCUT2D eigenvalue weighted by atomic mass is 16.5. The van der Waals surface area contributed by atoms with Crippen LogP contribution in [0.25, 0.3) is 0 Å². The molecule has 1 aromatic rings. The lowest BCUT2D eigenvalue weighted by Crippen LogP contribution is -2.39. The predicted molar refractivity (Wildman–Crippen MR) is 70.9 cm³/mol. The molecule has 1 aliphatic rings. The Kier molecular flexibility index (Phi) is 4.16. The number of benzene rings is 1. The summed E-state index contributed by atoms with van der Waals surface area (Å²) in [6.45, 7) is 3.86. The maximum atomic E-state index is 12.4. The first-order chi connectivity index (χ1) is 9.09. The average molecular weight is 262 g/mol. The number of amides is 2. The summed E-state index contributed by atoms with van der Waals surface area (Å²) in [6.07, 6.45) is 0.838. The van der Waals surface area contributed by atoms with Crippen molar-refractivity contribution < 1.29 is 14.3 Å². The van der Waals surface area contributed by atoms with Gasteiger partial charge in [-0.2, -0.15) is 0 Å². The van der Waals surface area contributed by atoms with Gasteiger partial charge in [-0.15, -0.1) is 0 Å². The van der Waals surface area contributed by atoms with Crippen molar-refractivity contribution in [2.75, 3.05) is 19.8 Å². The largest absolute Gasteiger partial charge is 0.380 e. The second-order valence-corrected chi connectivity index (χ2v) is 4.69. The molecule has 1 saturated heterocycles. The Morgan fingerprint density at radius 1 is 1.21 bits per heavy atom. The highest BCUT2D eigenvalue weighted by Gasteiger charge is 2.23. The molecule has 1 heterocycles. The zero-order valence-electron chi connectivity index (χ0n) is 11.0. The van der Waals surface area contributed by atoms with Crippen molar-refractivity contribution >= 4 is 11.8 Å². The molecule has 0 aromatic heterocycles. The lowest BCUT2D eigenvalue weighted by atomic mass is 10.1. The maximum absolute atomic E-state index is 12.4. The van der Waals surface area contributed by atoms with Crippen LogP contribution in [0, 0.1) is 0 Å². The van der Waals surface area contributed by atoms with Gasteiger partial charge in [-0.05, 0) is 37.6 Å². The number of carbonyl (C=O) groups excluding carboxylic acids is 2. The number of rotatable bonds is 2. The van der Waals surface area contributed by atoms with Crippen molar-refractivity contribution in [3.63, 3.8) is 0 Å². The van der Waals surface area contributed by atoms with Crippen LogP contribution in [-0.2, 0) is 4.74 Å². The zero-order chi connectivity index (χ0) is 13.8. The van der Waals surface area contributed by atoms with Crippen LogP contribution in [0.4, 0.5) is 0 Å². The van der Waals surface area contributed by atoms with E-state index in [1.807, 2.05) is 11.8 Å². The van der Waals surface area contributed by atoms with E-state index in [1.54, 1.807) is 24.3 Å². The Balaban J connectivity index is 2.15. The quantitative estimate of drug-likeness (QED) is 0.865. The molecule has 0 spiro atoms. The summed E-state index contributed by atoms with van der Waals surface area (Å²) in [4.78, 5) is 25.2. The van der Waals surface area contributed by atoms with Crippen LogP contribution < -0.4 is 5.73 Å². The summed E-state index contributed by atoms with van der Waals surface area (Å²) >= 11 is 0. The van der Waals surface area contributed by atoms with E-state index in [0.29, 0.717) is 30.9 Å². The van der Waals surface area contributed by atoms with Gasteiger partial charge in [-0.25, -0.2) is 0 Å². The number of ether oxygens (including phenoxy) is 1. The Morgan fingerprint density at radius 3 is 2.47 bits per heavy atom. The van der Waals surface area contributed by atoms with E-state index in [4.69, 9.17) is 10.5 Å². The number of hydrogen-bond donors (Lipinski definition) is 1. The van der Waals surface area contributed by atoms with Gasteiger partial charge in [0.25, 0.3) is 5.91 Å². The van der Waals surface area contributed by atoms with Crippen molar-refractivity contribution in [1.29, 1.82) is 0 Å². The van der Waals surface area contributed by atoms with Gasteiger partial charge in [0.1, 0.15) is 0 Å². The molecule has 0 saturated carbocycles. The summed E-state index contributed by atoms with van der Waals surface area (Å²) in [5, 5.41) is 0. The summed E-state index contributed by atoms with van der Waals surface area (Å²) in [7, 11) is 0. The minimum atomic E-state index is -0.490. The molecule has 2 rings (SSSR count). The molecule has 2 amide bonds. The number of primary amides is 1. The third-order valence-electron chi connectivity index (χ3n) is 3.37. The maximum Gasteiger partial charge on any atom is 0.254 e. The van der Waals surface area contributed by atoms with Gasteiger partial charge < -0.3 is 15.4 Å². The molecule has 102 valence electrons.